The van der Waals surface area contributed by atoms with Crippen LogP contribution in [0.5, 0.6) is 17.2 Å². The fourth-order valence-electron chi connectivity index (χ4n) is 1.79. The number of nitrogens with zero attached hydrogens (tertiary/aromatic N) is 1. The minimum absolute atomic E-state index is 0.157. The van der Waals surface area contributed by atoms with Gasteiger partial charge in [0.25, 0.3) is 0 Å². The summed E-state index contributed by atoms with van der Waals surface area (Å²) in [7, 11) is 5.09. The molecule has 0 atom stereocenters. The topological polar surface area (TPSA) is 68.2 Å². The van der Waals surface area contributed by atoms with E-state index in [-0.39, 0.29) is 6.42 Å². The average molecular weight is 297 g/mol. The molecular formula is C15H23NO5. The van der Waals surface area contributed by atoms with Crippen molar-refractivity contribution in [1.29, 1.82) is 0 Å². The maximum absolute atomic E-state index is 10.5. The van der Waals surface area contributed by atoms with E-state index in [4.69, 9.17) is 19.3 Å². The van der Waals surface area contributed by atoms with Crippen LogP contribution < -0.4 is 14.2 Å². The van der Waals surface area contributed by atoms with Crippen LogP contribution in [0.2, 0.25) is 0 Å². The van der Waals surface area contributed by atoms with Gasteiger partial charge in [0.2, 0.25) is 0 Å². The molecule has 6 nitrogen and oxygen atoms in total. The smallest absolute Gasteiger partial charge is 0.304 e. The number of aliphatic carboxylic acids is 1. The molecule has 0 heterocycles. The zero-order chi connectivity index (χ0) is 15.7. The molecule has 21 heavy (non-hydrogen) atoms. The van der Waals surface area contributed by atoms with Crippen molar-refractivity contribution in [1.82, 2.24) is 4.90 Å². The molecule has 118 valence electrons. The van der Waals surface area contributed by atoms with Crippen molar-refractivity contribution >= 4 is 5.97 Å². The Morgan fingerprint density at radius 1 is 1.10 bits per heavy atom. The van der Waals surface area contributed by atoms with Gasteiger partial charge in [-0.15, -0.1) is 0 Å². The summed E-state index contributed by atoms with van der Waals surface area (Å²) < 4.78 is 16.0. The van der Waals surface area contributed by atoms with Crippen LogP contribution in [0.15, 0.2) is 18.2 Å². The van der Waals surface area contributed by atoms with E-state index >= 15 is 0 Å². The molecule has 0 bridgehead atoms. The van der Waals surface area contributed by atoms with E-state index in [2.05, 4.69) is 0 Å². The molecule has 0 radical (unpaired) electrons. The van der Waals surface area contributed by atoms with Crippen LogP contribution in [0.3, 0.4) is 0 Å². The van der Waals surface area contributed by atoms with Crippen LogP contribution in [0.4, 0.5) is 0 Å². The van der Waals surface area contributed by atoms with Gasteiger partial charge in [-0.1, -0.05) is 0 Å². The standard InChI is InChI=1S/C15H23NO5/c1-16(7-5-15(17)18)6-4-8-21-14-10-12(19-2)9-13(11-14)20-3/h9-11H,4-8H2,1-3H3,(H,17,18). The Morgan fingerprint density at radius 3 is 2.19 bits per heavy atom. The molecule has 0 saturated carbocycles. The predicted molar refractivity (Wildman–Crippen MR) is 79.4 cm³/mol. The van der Waals surface area contributed by atoms with Crippen LogP contribution in [0, 0.1) is 0 Å². The summed E-state index contributed by atoms with van der Waals surface area (Å²) in [6, 6.07) is 5.39. The number of rotatable bonds is 10. The molecule has 0 aliphatic carbocycles. The van der Waals surface area contributed by atoms with Crippen molar-refractivity contribution in [3.05, 3.63) is 18.2 Å². The molecule has 6 heteroatoms. The lowest BCUT2D eigenvalue weighted by Gasteiger charge is -2.15. The van der Waals surface area contributed by atoms with Gasteiger partial charge < -0.3 is 24.2 Å². The Morgan fingerprint density at radius 2 is 1.67 bits per heavy atom. The molecule has 1 rings (SSSR count). The number of hydrogen-bond donors (Lipinski definition) is 1. The van der Waals surface area contributed by atoms with Crippen LogP contribution >= 0.6 is 0 Å². The van der Waals surface area contributed by atoms with Gasteiger partial charge in [0.15, 0.2) is 0 Å². The van der Waals surface area contributed by atoms with E-state index in [0.29, 0.717) is 30.4 Å². The zero-order valence-corrected chi connectivity index (χ0v) is 12.8. The lowest BCUT2D eigenvalue weighted by atomic mass is 10.3. The minimum atomic E-state index is -0.776. The van der Waals surface area contributed by atoms with E-state index in [1.165, 1.54) is 0 Å². The van der Waals surface area contributed by atoms with Crippen molar-refractivity contribution < 1.29 is 24.1 Å². The number of benzene rings is 1. The van der Waals surface area contributed by atoms with Gasteiger partial charge >= 0.3 is 5.97 Å². The number of carboxylic acids is 1. The Hall–Kier alpha value is -1.95. The second-order valence-electron chi connectivity index (χ2n) is 4.70. The average Bonchev–Trinajstić information content (AvgIpc) is 2.49. The fraction of sp³-hybridized carbons (Fsp3) is 0.533. The van der Waals surface area contributed by atoms with E-state index in [1.807, 2.05) is 11.9 Å². The third kappa shape index (κ3) is 6.85. The van der Waals surface area contributed by atoms with Gasteiger partial charge in [-0.2, -0.15) is 0 Å². The third-order valence-corrected chi connectivity index (χ3v) is 2.99. The molecule has 0 aliphatic heterocycles. The van der Waals surface area contributed by atoms with Crippen molar-refractivity contribution in [3.63, 3.8) is 0 Å². The van der Waals surface area contributed by atoms with Crippen molar-refractivity contribution in [3.8, 4) is 17.2 Å². The predicted octanol–water partition coefficient (Wildman–Crippen LogP) is 1.88. The molecular weight excluding hydrogens is 274 g/mol. The highest BCUT2D eigenvalue weighted by molar-refractivity contribution is 5.66. The fourth-order valence-corrected chi connectivity index (χ4v) is 1.79. The summed E-state index contributed by atoms with van der Waals surface area (Å²) in [6.45, 7) is 1.88. The summed E-state index contributed by atoms with van der Waals surface area (Å²) in [5.74, 6) is 1.28. The number of hydrogen-bond acceptors (Lipinski definition) is 5. The van der Waals surface area contributed by atoms with Crippen molar-refractivity contribution in [2.75, 3.05) is 41.0 Å². The lowest BCUT2D eigenvalue weighted by Crippen LogP contribution is -2.24. The number of carboxylic acid groups (broad SMARTS) is 1. The van der Waals surface area contributed by atoms with Gasteiger partial charge in [-0.05, 0) is 13.5 Å². The highest BCUT2D eigenvalue weighted by atomic mass is 16.5. The lowest BCUT2D eigenvalue weighted by molar-refractivity contribution is -0.137. The summed E-state index contributed by atoms with van der Waals surface area (Å²) in [5, 5.41) is 8.61. The summed E-state index contributed by atoms with van der Waals surface area (Å²) >= 11 is 0. The highest BCUT2D eigenvalue weighted by Gasteiger charge is 2.04. The number of carbonyl (C=O) groups is 1. The first kappa shape index (κ1) is 17.1. The molecule has 0 aliphatic rings. The van der Waals surface area contributed by atoms with Crippen LogP contribution in [-0.2, 0) is 4.79 Å². The number of methoxy groups -OCH3 is 2. The van der Waals surface area contributed by atoms with Crippen LogP contribution in [0.1, 0.15) is 12.8 Å². The van der Waals surface area contributed by atoms with Gasteiger partial charge in [-0.25, -0.2) is 0 Å². The molecule has 0 fully saturated rings. The normalized spacial score (nSPS) is 10.5. The van der Waals surface area contributed by atoms with Crippen molar-refractivity contribution in [2.45, 2.75) is 12.8 Å². The van der Waals surface area contributed by atoms with Crippen LogP contribution in [-0.4, -0.2) is 56.9 Å². The molecule has 1 aromatic rings. The molecule has 0 unspecified atom stereocenters. The van der Waals surface area contributed by atoms with Crippen LogP contribution in [0.25, 0.3) is 0 Å². The largest absolute Gasteiger partial charge is 0.496 e. The van der Waals surface area contributed by atoms with E-state index < -0.39 is 5.97 Å². The van der Waals surface area contributed by atoms with E-state index in [9.17, 15) is 4.79 Å². The van der Waals surface area contributed by atoms with Gasteiger partial charge in [0, 0.05) is 31.3 Å². The Bertz CT molecular complexity index is 427. The molecule has 0 aromatic heterocycles. The first-order valence-corrected chi connectivity index (χ1v) is 6.81. The first-order chi connectivity index (χ1) is 10.0. The summed E-state index contributed by atoms with van der Waals surface area (Å²) in [4.78, 5) is 12.4. The Kier molecular flexibility index (Phi) is 7.39. The Labute approximate surface area is 125 Å². The van der Waals surface area contributed by atoms with E-state index in [0.717, 1.165) is 13.0 Å². The molecule has 1 aromatic carbocycles. The zero-order valence-electron chi connectivity index (χ0n) is 12.8. The summed E-state index contributed by atoms with van der Waals surface area (Å²) in [5.41, 5.74) is 0. The molecule has 0 amide bonds. The Balaban J connectivity index is 2.33. The monoisotopic (exact) mass is 297 g/mol. The molecule has 0 spiro atoms. The van der Waals surface area contributed by atoms with E-state index in [1.54, 1.807) is 32.4 Å². The minimum Gasteiger partial charge on any atom is -0.496 e. The molecule has 0 saturated heterocycles. The van der Waals surface area contributed by atoms with Crippen molar-refractivity contribution in [2.24, 2.45) is 0 Å². The van der Waals surface area contributed by atoms with Gasteiger partial charge in [0.05, 0.1) is 27.2 Å². The first-order valence-electron chi connectivity index (χ1n) is 6.81. The third-order valence-electron chi connectivity index (χ3n) is 2.99. The SMILES string of the molecule is COc1cc(OC)cc(OCCCN(C)CCC(=O)O)c1. The summed E-state index contributed by atoms with van der Waals surface area (Å²) in [6.07, 6.45) is 0.972. The maximum Gasteiger partial charge on any atom is 0.304 e. The molecule has 1 N–H and O–H groups in total. The second-order valence-corrected chi connectivity index (χ2v) is 4.70. The van der Waals surface area contributed by atoms with Gasteiger partial charge in [0.1, 0.15) is 17.2 Å². The number of ether oxygens (including phenoxy) is 3. The highest BCUT2D eigenvalue weighted by Crippen LogP contribution is 2.27. The maximum atomic E-state index is 10.5. The second kappa shape index (κ2) is 9.07. The quantitative estimate of drug-likeness (QED) is 0.665. The van der Waals surface area contributed by atoms with Gasteiger partial charge in [-0.3, -0.25) is 4.79 Å².